The van der Waals surface area contributed by atoms with E-state index in [1.54, 1.807) is 30.3 Å². The molecule has 4 rings (SSSR count). The van der Waals surface area contributed by atoms with E-state index in [1.165, 1.54) is 47.0 Å². The fourth-order valence-electron chi connectivity index (χ4n) is 3.27. The molecule has 0 atom stereocenters. The zero-order valence-electron chi connectivity index (χ0n) is 17.4. The van der Waals surface area contributed by atoms with Crippen molar-refractivity contribution in [2.75, 3.05) is 11.4 Å². The van der Waals surface area contributed by atoms with Gasteiger partial charge in [0.2, 0.25) is 0 Å². The van der Waals surface area contributed by atoms with Gasteiger partial charge in [-0.25, -0.2) is 8.42 Å². The van der Waals surface area contributed by atoms with Gasteiger partial charge in [-0.3, -0.25) is 9.10 Å². The molecule has 0 aliphatic heterocycles. The molecule has 0 fully saturated rings. The van der Waals surface area contributed by atoms with Crippen LogP contribution in [-0.4, -0.2) is 25.9 Å². The molecular formula is C24H21N3O3S2. The number of benzene rings is 3. The summed E-state index contributed by atoms with van der Waals surface area (Å²) < 4.78 is 30.0. The zero-order valence-corrected chi connectivity index (χ0v) is 19.0. The van der Waals surface area contributed by atoms with Crippen LogP contribution in [0, 0.1) is 0 Å². The number of sulfonamides is 1. The lowest BCUT2D eigenvalue weighted by molar-refractivity contribution is 0.0998. The Labute approximate surface area is 190 Å². The molecule has 0 aliphatic carbocycles. The minimum absolute atomic E-state index is 0.101. The van der Waals surface area contributed by atoms with E-state index in [-0.39, 0.29) is 4.90 Å². The Morgan fingerprint density at radius 1 is 1.03 bits per heavy atom. The minimum atomic E-state index is -3.75. The van der Waals surface area contributed by atoms with Crippen molar-refractivity contribution in [1.82, 2.24) is 4.57 Å². The second-order valence-corrected chi connectivity index (χ2v) is 9.98. The lowest BCUT2D eigenvalue weighted by Gasteiger charge is -2.19. The first-order valence-electron chi connectivity index (χ1n) is 9.84. The molecule has 162 valence electrons. The second-order valence-electron chi connectivity index (χ2n) is 7.00. The Bertz CT molecular complexity index is 1450. The zero-order chi connectivity index (χ0) is 22.7. The number of carbonyl (C=O) groups excluding carboxylic acids is 1. The fraction of sp³-hybridized carbons (Fsp3) is 0.0833. The number of carbonyl (C=O) groups is 1. The Kier molecular flexibility index (Phi) is 6.07. The molecule has 0 saturated carbocycles. The van der Waals surface area contributed by atoms with Gasteiger partial charge in [0.15, 0.2) is 4.80 Å². The monoisotopic (exact) mass is 463 g/mol. The molecule has 1 aromatic heterocycles. The Balaban J connectivity index is 1.65. The van der Waals surface area contributed by atoms with Gasteiger partial charge in [-0.2, -0.15) is 4.99 Å². The average molecular weight is 464 g/mol. The first-order valence-corrected chi connectivity index (χ1v) is 12.1. The van der Waals surface area contributed by atoms with Crippen LogP contribution in [0.3, 0.4) is 0 Å². The molecular weight excluding hydrogens is 442 g/mol. The number of aromatic nitrogens is 1. The van der Waals surface area contributed by atoms with E-state index in [0.717, 1.165) is 10.2 Å². The van der Waals surface area contributed by atoms with Crippen molar-refractivity contribution in [2.45, 2.75) is 11.4 Å². The molecule has 0 bridgehead atoms. The van der Waals surface area contributed by atoms with Gasteiger partial charge in [0.05, 0.1) is 20.8 Å². The summed E-state index contributed by atoms with van der Waals surface area (Å²) in [4.78, 5) is 17.8. The summed E-state index contributed by atoms with van der Waals surface area (Å²) in [5.74, 6) is -0.435. The highest BCUT2D eigenvalue weighted by atomic mass is 32.2. The maximum absolute atomic E-state index is 12.9. The minimum Gasteiger partial charge on any atom is -0.312 e. The molecule has 0 saturated heterocycles. The molecule has 6 nitrogen and oxygen atoms in total. The maximum Gasteiger partial charge on any atom is 0.279 e. The SMILES string of the molecule is C=CCn1c(=NC(=O)c2ccc(S(=O)(=O)N(C)c3ccccc3)cc2)sc2ccccc21. The molecule has 1 heterocycles. The van der Waals surface area contributed by atoms with E-state index in [1.807, 2.05) is 34.9 Å². The van der Waals surface area contributed by atoms with Crippen molar-refractivity contribution >= 4 is 43.2 Å². The van der Waals surface area contributed by atoms with Crippen LogP contribution in [-0.2, 0) is 16.6 Å². The highest BCUT2D eigenvalue weighted by molar-refractivity contribution is 7.92. The number of hydrogen-bond donors (Lipinski definition) is 0. The van der Waals surface area contributed by atoms with Crippen molar-refractivity contribution in [3.8, 4) is 0 Å². The van der Waals surface area contributed by atoms with E-state index in [0.29, 0.717) is 22.6 Å². The molecule has 8 heteroatoms. The van der Waals surface area contributed by atoms with Crippen LogP contribution in [0.1, 0.15) is 10.4 Å². The summed E-state index contributed by atoms with van der Waals surface area (Å²) in [5, 5.41) is 0. The van der Waals surface area contributed by atoms with Crippen molar-refractivity contribution in [1.29, 1.82) is 0 Å². The summed E-state index contributed by atoms with van der Waals surface area (Å²) in [6.07, 6.45) is 1.76. The summed E-state index contributed by atoms with van der Waals surface area (Å²) >= 11 is 1.42. The van der Waals surface area contributed by atoms with Crippen molar-refractivity contribution in [3.05, 3.63) is 102 Å². The van der Waals surface area contributed by atoms with Crippen LogP contribution in [0.2, 0.25) is 0 Å². The van der Waals surface area contributed by atoms with Crippen LogP contribution in [0.25, 0.3) is 10.2 Å². The number of amides is 1. The normalized spacial score (nSPS) is 12.1. The van der Waals surface area contributed by atoms with Gasteiger partial charge in [-0.05, 0) is 48.5 Å². The van der Waals surface area contributed by atoms with E-state index in [9.17, 15) is 13.2 Å². The highest BCUT2D eigenvalue weighted by Gasteiger charge is 2.21. The van der Waals surface area contributed by atoms with Crippen LogP contribution in [0.15, 0.2) is 101 Å². The number of para-hydroxylation sites is 2. The summed E-state index contributed by atoms with van der Waals surface area (Å²) in [6, 6.07) is 22.5. The van der Waals surface area contributed by atoms with Gasteiger partial charge in [0, 0.05) is 19.2 Å². The Morgan fingerprint density at radius 2 is 1.69 bits per heavy atom. The van der Waals surface area contributed by atoms with Gasteiger partial charge in [-0.15, -0.1) is 6.58 Å². The van der Waals surface area contributed by atoms with Gasteiger partial charge in [0.1, 0.15) is 0 Å². The van der Waals surface area contributed by atoms with E-state index in [4.69, 9.17) is 0 Å². The predicted octanol–water partition coefficient (Wildman–Crippen LogP) is 4.46. The third kappa shape index (κ3) is 4.15. The number of fused-ring (bicyclic) bond motifs is 1. The summed E-state index contributed by atoms with van der Waals surface area (Å²) in [7, 11) is -2.25. The van der Waals surface area contributed by atoms with Gasteiger partial charge in [0.25, 0.3) is 15.9 Å². The van der Waals surface area contributed by atoms with Gasteiger partial charge < -0.3 is 4.57 Å². The van der Waals surface area contributed by atoms with Crippen LogP contribution >= 0.6 is 11.3 Å². The number of allylic oxidation sites excluding steroid dienone is 1. The van der Waals surface area contributed by atoms with Crippen LogP contribution in [0.5, 0.6) is 0 Å². The molecule has 0 aliphatic rings. The first-order chi connectivity index (χ1) is 15.4. The van der Waals surface area contributed by atoms with E-state index in [2.05, 4.69) is 11.6 Å². The number of thiazole rings is 1. The smallest absolute Gasteiger partial charge is 0.279 e. The second kappa shape index (κ2) is 8.94. The van der Waals surface area contributed by atoms with E-state index >= 15 is 0 Å². The molecule has 0 radical (unpaired) electrons. The molecule has 0 N–H and O–H groups in total. The molecule has 32 heavy (non-hydrogen) atoms. The molecule has 4 aromatic rings. The summed E-state index contributed by atoms with van der Waals surface area (Å²) in [5.41, 5.74) is 1.85. The number of rotatable bonds is 6. The van der Waals surface area contributed by atoms with Gasteiger partial charge in [-0.1, -0.05) is 47.7 Å². The molecule has 3 aromatic carbocycles. The third-order valence-corrected chi connectivity index (χ3v) is 7.84. The van der Waals surface area contributed by atoms with Crippen LogP contribution in [0.4, 0.5) is 5.69 Å². The Hall–Kier alpha value is -3.49. The topological polar surface area (TPSA) is 71.7 Å². The quantitative estimate of drug-likeness (QED) is 0.397. The highest BCUT2D eigenvalue weighted by Crippen LogP contribution is 2.22. The van der Waals surface area contributed by atoms with Crippen molar-refractivity contribution in [2.24, 2.45) is 4.99 Å². The lowest BCUT2D eigenvalue weighted by Crippen LogP contribution is -2.26. The maximum atomic E-state index is 12.9. The van der Waals surface area contributed by atoms with Crippen molar-refractivity contribution in [3.63, 3.8) is 0 Å². The lowest BCUT2D eigenvalue weighted by atomic mass is 10.2. The number of nitrogens with zero attached hydrogens (tertiary/aromatic N) is 3. The number of anilines is 1. The first kappa shape index (κ1) is 21.7. The van der Waals surface area contributed by atoms with Crippen LogP contribution < -0.4 is 9.11 Å². The largest absolute Gasteiger partial charge is 0.312 e. The van der Waals surface area contributed by atoms with Gasteiger partial charge >= 0.3 is 0 Å². The molecule has 1 amide bonds. The average Bonchev–Trinajstić information content (AvgIpc) is 3.16. The predicted molar refractivity (Wildman–Crippen MR) is 128 cm³/mol. The molecule has 0 unspecified atom stereocenters. The number of hydrogen-bond acceptors (Lipinski definition) is 4. The molecule has 0 spiro atoms. The third-order valence-electron chi connectivity index (χ3n) is 4.98. The van der Waals surface area contributed by atoms with Crippen molar-refractivity contribution < 1.29 is 13.2 Å². The fourth-order valence-corrected chi connectivity index (χ4v) is 5.50. The van der Waals surface area contributed by atoms with E-state index < -0.39 is 15.9 Å². The summed E-state index contributed by atoms with van der Waals surface area (Å²) in [6.45, 7) is 4.31. The Morgan fingerprint density at radius 3 is 2.38 bits per heavy atom. The standard InChI is InChI=1S/C24H21N3O3S2/c1-3-17-27-21-11-7-8-12-22(21)31-24(27)25-23(28)18-13-15-20(16-14-18)32(29,30)26(2)19-9-5-4-6-10-19/h3-16H,1,17H2,2H3.